The maximum Gasteiger partial charge on any atom is 0.132 e. The normalized spacial score (nSPS) is 21.8. The molecule has 1 fully saturated rings. The fourth-order valence-corrected chi connectivity index (χ4v) is 2.73. The van der Waals surface area contributed by atoms with E-state index in [0.29, 0.717) is 5.92 Å². The van der Waals surface area contributed by atoms with Gasteiger partial charge in [-0.1, -0.05) is 12.8 Å². The van der Waals surface area contributed by atoms with Crippen LogP contribution in [-0.4, -0.2) is 22.0 Å². The minimum Gasteiger partial charge on any atom is -0.302 e. The average Bonchev–Trinajstić information content (AvgIpc) is 2.40. The maximum absolute atomic E-state index is 11.1. The Kier molecular flexibility index (Phi) is 3.77. The van der Waals surface area contributed by atoms with Crippen LogP contribution in [0.2, 0.25) is 0 Å². The highest BCUT2D eigenvalue weighted by atomic mass is 32.2. The number of carbonyl (C=O) groups is 1. The van der Waals surface area contributed by atoms with Crippen LogP contribution < -0.4 is 0 Å². The molecule has 1 saturated carbocycles. The standard InChI is InChI=1S/C8H14O2S/c9-5-6-11(10)7-8-3-1-2-4-8/h5,8H,1-4,6-7H2. The second-order valence-electron chi connectivity index (χ2n) is 3.09. The number of carbonyl (C=O) groups excluding carboxylic acids is 1. The van der Waals surface area contributed by atoms with Crippen molar-refractivity contribution in [2.75, 3.05) is 11.5 Å². The fraction of sp³-hybridized carbons (Fsp3) is 0.875. The van der Waals surface area contributed by atoms with E-state index < -0.39 is 10.8 Å². The van der Waals surface area contributed by atoms with Gasteiger partial charge in [-0.25, -0.2) is 0 Å². The summed E-state index contributed by atoms with van der Waals surface area (Å²) in [5.74, 6) is 1.62. The van der Waals surface area contributed by atoms with Crippen molar-refractivity contribution in [2.45, 2.75) is 25.7 Å². The quantitative estimate of drug-likeness (QED) is 0.599. The molecule has 0 heterocycles. The van der Waals surface area contributed by atoms with Gasteiger partial charge in [0, 0.05) is 16.6 Å². The molecule has 11 heavy (non-hydrogen) atoms. The molecule has 0 aliphatic heterocycles. The van der Waals surface area contributed by atoms with Crippen LogP contribution in [0, 0.1) is 5.92 Å². The van der Waals surface area contributed by atoms with Gasteiger partial charge in [0.2, 0.25) is 0 Å². The molecule has 0 spiro atoms. The summed E-state index contributed by atoms with van der Waals surface area (Å²) < 4.78 is 11.1. The van der Waals surface area contributed by atoms with Crippen molar-refractivity contribution in [2.24, 2.45) is 5.92 Å². The zero-order valence-electron chi connectivity index (χ0n) is 6.62. The second kappa shape index (κ2) is 4.65. The molecule has 0 aromatic rings. The van der Waals surface area contributed by atoms with Crippen LogP contribution in [0.4, 0.5) is 0 Å². The third-order valence-electron chi connectivity index (χ3n) is 2.15. The molecule has 1 aliphatic rings. The summed E-state index contributed by atoms with van der Waals surface area (Å²) in [7, 11) is -0.878. The average molecular weight is 174 g/mol. The van der Waals surface area contributed by atoms with Gasteiger partial charge in [0.15, 0.2) is 0 Å². The number of hydrogen-bond acceptors (Lipinski definition) is 2. The SMILES string of the molecule is O=CCS(=O)CC1CCCC1. The molecule has 0 aromatic carbocycles. The highest BCUT2D eigenvalue weighted by Gasteiger charge is 2.16. The van der Waals surface area contributed by atoms with E-state index in [1.165, 1.54) is 25.7 Å². The molecule has 1 rings (SSSR count). The Morgan fingerprint density at radius 2 is 2.00 bits per heavy atom. The highest BCUT2D eigenvalue weighted by molar-refractivity contribution is 7.85. The topological polar surface area (TPSA) is 34.1 Å². The molecule has 0 aromatic heterocycles. The minimum atomic E-state index is -0.878. The first-order chi connectivity index (χ1) is 5.33. The van der Waals surface area contributed by atoms with Gasteiger partial charge in [-0.05, 0) is 18.8 Å². The van der Waals surface area contributed by atoms with E-state index in [1.54, 1.807) is 0 Å². The summed E-state index contributed by atoms with van der Waals surface area (Å²) in [6.07, 6.45) is 5.74. The predicted molar refractivity (Wildman–Crippen MR) is 45.9 cm³/mol. The van der Waals surface area contributed by atoms with Gasteiger partial charge in [-0.3, -0.25) is 4.21 Å². The van der Waals surface area contributed by atoms with Gasteiger partial charge in [0.1, 0.15) is 6.29 Å². The van der Waals surface area contributed by atoms with Crippen molar-refractivity contribution in [3.05, 3.63) is 0 Å². The van der Waals surface area contributed by atoms with Gasteiger partial charge in [-0.2, -0.15) is 0 Å². The van der Waals surface area contributed by atoms with E-state index in [0.717, 1.165) is 12.0 Å². The van der Waals surface area contributed by atoms with Crippen LogP contribution in [0.3, 0.4) is 0 Å². The van der Waals surface area contributed by atoms with Crippen LogP contribution in [0.25, 0.3) is 0 Å². The summed E-state index contributed by atoms with van der Waals surface area (Å²) >= 11 is 0. The van der Waals surface area contributed by atoms with E-state index >= 15 is 0 Å². The zero-order valence-corrected chi connectivity index (χ0v) is 7.44. The Morgan fingerprint density at radius 1 is 1.36 bits per heavy atom. The molecule has 1 aliphatic carbocycles. The lowest BCUT2D eigenvalue weighted by Gasteiger charge is -2.05. The molecule has 0 radical (unpaired) electrons. The molecular formula is C8H14O2S. The van der Waals surface area contributed by atoms with Crippen molar-refractivity contribution in [1.82, 2.24) is 0 Å². The zero-order chi connectivity index (χ0) is 8.10. The van der Waals surface area contributed by atoms with Crippen LogP contribution in [-0.2, 0) is 15.6 Å². The van der Waals surface area contributed by atoms with Crippen molar-refractivity contribution >= 4 is 17.1 Å². The third kappa shape index (κ3) is 3.14. The van der Waals surface area contributed by atoms with E-state index in [1.807, 2.05) is 0 Å². The van der Waals surface area contributed by atoms with E-state index in [-0.39, 0.29) is 5.75 Å². The number of hydrogen-bond donors (Lipinski definition) is 0. The minimum absolute atomic E-state index is 0.233. The Morgan fingerprint density at radius 3 is 2.55 bits per heavy atom. The maximum atomic E-state index is 11.1. The van der Waals surface area contributed by atoms with Crippen molar-refractivity contribution in [3.63, 3.8) is 0 Å². The molecule has 2 nitrogen and oxygen atoms in total. The Hall–Kier alpha value is -0.180. The molecular weight excluding hydrogens is 160 g/mol. The van der Waals surface area contributed by atoms with Crippen molar-refractivity contribution < 1.29 is 9.00 Å². The number of aldehydes is 1. The first kappa shape index (κ1) is 8.91. The predicted octanol–water partition coefficient (Wildman–Crippen LogP) is 1.12. The first-order valence-electron chi connectivity index (χ1n) is 4.11. The van der Waals surface area contributed by atoms with E-state index in [9.17, 15) is 9.00 Å². The van der Waals surface area contributed by atoms with Gasteiger partial charge in [0.25, 0.3) is 0 Å². The van der Waals surface area contributed by atoms with Gasteiger partial charge in [0.05, 0.1) is 5.75 Å². The van der Waals surface area contributed by atoms with E-state index in [2.05, 4.69) is 0 Å². The lowest BCUT2D eigenvalue weighted by atomic mass is 10.1. The second-order valence-corrected chi connectivity index (χ2v) is 4.64. The lowest BCUT2D eigenvalue weighted by molar-refractivity contribution is -0.105. The van der Waals surface area contributed by atoms with Gasteiger partial charge >= 0.3 is 0 Å². The molecule has 0 N–H and O–H groups in total. The molecule has 1 atom stereocenters. The molecule has 1 unspecified atom stereocenters. The van der Waals surface area contributed by atoms with Crippen molar-refractivity contribution in [3.8, 4) is 0 Å². The van der Waals surface area contributed by atoms with Crippen LogP contribution in [0.1, 0.15) is 25.7 Å². The monoisotopic (exact) mass is 174 g/mol. The Balaban J connectivity index is 2.18. The molecule has 64 valence electrons. The summed E-state index contributed by atoms with van der Waals surface area (Å²) in [6, 6.07) is 0. The lowest BCUT2D eigenvalue weighted by Crippen LogP contribution is -2.10. The smallest absolute Gasteiger partial charge is 0.132 e. The van der Waals surface area contributed by atoms with Gasteiger partial charge in [-0.15, -0.1) is 0 Å². The summed E-state index contributed by atoms with van der Waals surface area (Å²) in [6.45, 7) is 0. The van der Waals surface area contributed by atoms with Gasteiger partial charge < -0.3 is 4.79 Å². The fourth-order valence-electron chi connectivity index (χ4n) is 1.58. The Bertz CT molecular complexity index is 150. The van der Waals surface area contributed by atoms with Crippen LogP contribution in [0.15, 0.2) is 0 Å². The number of rotatable bonds is 4. The largest absolute Gasteiger partial charge is 0.302 e. The molecule has 0 saturated heterocycles. The molecule has 3 heteroatoms. The highest BCUT2D eigenvalue weighted by Crippen LogP contribution is 2.25. The third-order valence-corrected chi connectivity index (χ3v) is 3.50. The van der Waals surface area contributed by atoms with E-state index in [4.69, 9.17) is 0 Å². The summed E-state index contributed by atoms with van der Waals surface area (Å²) in [5.41, 5.74) is 0. The van der Waals surface area contributed by atoms with Crippen LogP contribution >= 0.6 is 0 Å². The first-order valence-corrected chi connectivity index (χ1v) is 5.60. The van der Waals surface area contributed by atoms with Crippen molar-refractivity contribution in [1.29, 1.82) is 0 Å². The summed E-state index contributed by atoms with van der Waals surface area (Å²) in [4.78, 5) is 10.00. The molecule has 0 amide bonds. The summed E-state index contributed by atoms with van der Waals surface area (Å²) in [5, 5.41) is 0. The van der Waals surface area contributed by atoms with Crippen LogP contribution in [0.5, 0.6) is 0 Å². The molecule has 0 bridgehead atoms. The Labute approximate surface area is 69.8 Å².